The number of methoxy groups -OCH3 is 1. The fraction of sp³-hybridized carbons (Fsp3) is 0.556. The SMILES string of the molecule is COC(=O)CSCCC(=O)NC1(c2ccc(Cl)cc2)CCCCC1. The number of ether oxygens (including phenoxy) is 1. The Balaban J connectivity index is 1.95. The molecule has 0 aliphatic heterocycles. The molecule has 0 spiro atoms. The molecule has 1 fully saturated rings. The molecular formula is C18H24ClNO3S. The van der Waals surface area contributed by atoms with Gasteiger partial charge in [0.05, 0.1) is 18.4 Å². The molecule has 0 unspecified atom stereocenters. The quantitative estimate of drug-likeness (QED) is 0.584. The number of nitrogens with one attached hydrogen (secondary N) is 1. The normalized spacial score (nSPS) is 16.4. The molecule has 0 heterocycles. The molecule has 4 nitrogen and oxygen atoms in total. The van der Waals surface area contributed by atoms with Gasteiger partial charge >= 0.3 is 5.97 Å². The first-order chi connectivity index (χ1) is 11.6. The summed E-state index contributed by atoms with van der Waals surface area (Å²) in [6, 6.07) is 7.79. The van der Waals surface area contributed by atoms with Crippen LogP contribution >= 0.6 is 23.4 Å². The van der Waals surface area contributed by atoms with E-state index in [0.717, 1.165) is 31.2 Å². The topological polar surface area (TPSA) is 55.4 Å². The largest absolute Gasteiger partial charge is 0.468 e. The van der Waals surface area contributed by atoms with E-state index >= 15 is 0 Å². The van der Waals surface area contributed by atoms with Crippen LogP contribution in [0.25, 0.3) is 0 Å². The van der Waals surface area contributed by atoms with Crippen molar-refractivity contribution in [2.45, 2.75) is 44.1 Å². The van der Waals surface area contributed by atoms with Gasteiger partial charge in [0.1, 0.15) is 0 Å². The van der Waals surface area contributed by atoms with E-state index in [9.17, 15) is 9.59 Å². The van der Waals surface area contributed by atoms with Crippen molar-refractivity contribution in [3.63, 3.8) is 0 Å². The molecule has 0 aromatic heterocycles. The van der Waals surface area contributed by atoms with E-state index in [1.165, 1.54) is 25.3 Å². The second-order valence-corrected chi connectivity index (χ2v) is 7.62. The lowest BCUT2D eigenvalue weighted by Crippen LogP contribution is -2.47. The van der Waals surface area contributed by atoms with Gasteiger partial charge in [-0.1, -0.05) is 43.0 Å². The molecule has 132 valence electrons. The zero-order valence-electron chi connectivity index (χ0n) is 14.0. The lowest BCUT2D eigenvalue weighted by molar-refractivity contribution is -0.137. The number of carbonyl (C=O) groups excluding carboxylic acids is 2. The third-order valence-electron chi connectivity index (χ3n) is 4.40. The molecule has 6 heteroatoms. The van der Waals surface area contributed by atoms with E-state index < -0.39 is 0 Å². The molecule has 24 heavy (non-hydrogen) atoms. The Morgan fingerprint density at radius 1 is 1.21 bits per heavy atom. The second kappa shape index (κ2) is 9.33. The van der Waals surface area contributed by atoms with Crippen molar-refractivity contribution in [1.29, 1.82) is 0 Å². The van der Waals surface area contributed by atoms with Crippen LogP contribution in [0.1, 0.15) is 44.1 Å². The van der Waals surface area contributed by atoms with Gasteiger partial charge in [0.25, 0.3) is 0 Å². The van der Waals surface area contributed by atoms with Gasteiger partial charge in [-0.2, -0.15) is 0 Å². The van der Waals surface area contributed by atoms with Gasteiger partial charge in [-0.25, -0.2) is 0 Å². The molecule has 1 aliphatic rings. The molecule has 2 rings (SSSR count). The van der Waals surface area contributed by atoms with Crippen LogP contribution in [0.2, 0.25) is 5.02 Å². The highest BCUT2D eigenvalue weighted by Gasteiger charge is 2.35. The maximum atomic E-state index is 12.4. The molecule has 1 N–H and O–H groups in total. The first-order valence-electron chi connectivity index (χ1n) is 8.27. The molecule has 0 atom stereocenters. The number of hydrogen-bond donors (Lipinski definition) is 1. The van der Waals surface area contributed by atoms with E-state index in [1.54, 1.807) is 0 Å². The van der Waals surface area contributed by atoms with Crippen molar-refractivity contribution >= 4 is 35.2 Å². The lowest BCUT2D eigenvalue weighted by atomic mass is 9.76. The minimum atomic E-state index is -0.285. The molecular weight excluding hydrogens is 346 g/mol. The van der Waals surface area contributed by atoms with Crippen LogP contribution < -0.4 is 5.32 Å². The second-order valence-electron chi connectivity index (χ2n) is 6.08. The van der Waals surface area contributed by atoms with Gasteiger partial charge in [0.2, 0.25) is 5.91 Å². The number of hydrogen-bond acceptors (Lipinski definition) is 4. The van der Waals surface area contributed by atoms with Gasteiger partial charge in [-0.15, -0.1) is 11.8 Å². The summed E-state index contributed by atoms with van der Waals surface area (Å²) in [6.07, 6.45) is 5.74. The molecule has 1 aliphatic carbocycles. The van der Waals surface area contributed by atoms with Crippen LogP contribution in [0.4, 0.5) is 0 Å². The smallest absolute Gasteiger partial charge is 0.315 e. The fourth-order valence-electron chi connectivity index (χ4n) is 3.12. The van der Waals surface area contributed by atoms with Crippen molar-refractivity contribution in [3.05, 3.63) is 34.9 Å². The Hall–Kier alpha value is -1.20. The Labute approximate surface area is 152 Å². The van der Waals surface area contributed by atoms with Crippen LogP contribution in [0.5, 0.6) is 0 Å². The highest BCUT2D eigenvalue weighted by atomic mass is 35.5. The summed E-state index contributed by atoms with van der Waals surface area (Å²) in [6.45, 7) is 0. The number of benzene rings is 1. The van der Waals surface area contributed by atoms with E-state index in [2.05, 4.69) is 10.1 Å². The summed E-state index contributed by atoms with van der Waals surface area (Å²) in [7, 11) is 1.37. The van der Waals surface area contributed by atoms with Crippen molar-refractivity contribution in [1.82, 2.24) is 5.32 Å². The third kappa shape index (κ3) is 5.42. The van der Waals surface area contributed by atoms with Crippen molar-refractivity contribution in [2.24, 2.45) is 0 Å². The maximum Gasteiger partial charge on any atom is 0.315 e. The Kier molecular flexibility index (Phi) is 7.43. The standard InChI is InChI=1S/C18H24ClNO3S/c1-23-17(22)13-24-12-9-16(21)20-18(10-3-2-4-11-18)14-5-7-15(19)8-6-14/h5-8H,2-4,9-13H2,1H3,(H,20,21). The summed E-state index contributed by atoms with van der Waals surface area (Å²) >= 11 is 7.42. The van der Waals surface area contributed by atoms with Gasteiger partial charge in [0, 0.05) is 17.2 Å². The Morgan fingerprint density at radius 2 is 1.88 bits per heavy atom. The summed E-state index contributed by atoms with van der Waals surface area (Å²) < 4.78 is 4.59. The monoisotopic (exact) mass is 369 g/mol. The van der Waals surface area contributed by atoms with Crippen LogP contribution in [-0.2, 0) is 19.9 Å². The zero-order valence-corrected chi connectivity index (χ0v) is 15.5. The fourth-order valence-corrected chi connectivity index (χ4v) is 4.00. The number of esters is 1. The summed E-state index contributed by atoms with van der Waals surface area (Å²) in [5.41, 5.74) is 0.842. The van der Waals surface area contributed by atoms with Crippen molar-refractivity contribution in [3.8, 4) is 0 Å². The summed E-state index contributed by atoms with van der Waals surface area (Å²) in [5.74, 6) is 0.665. The molecule has 1 aromatic rings. The number of amides is 1. The first kappa shape index (κ1) is 19.1. The van der Waals surface area contributed by atoms with Gasteiger partial charge in [0.15, 0.2) is 0 Å². The summed E-state index contributed by atoms with van der Waals surface area (Å²) in [5, 5.41) is 3.96. The van der Waals surface area contributed by atoms with Crippen LogP contribution in [0, 0.1) is 0 Å². The molecule has 1 aromatic carbocycles. The number of carbonyl (C=O) groups is 2. The first-order valence-corrected chi connectivity index (χ1v) is 9.81. The van der Waals surface area contributed by atoms with Gasteiger partial charge in [-0.3, -0.25) is 9.59 Å². The highest BCUT2D eigenvalue weighted by Crippen LogP contribution is 2.37. The Morgan fingerprint density at radius 3 is 2.50 bits per heavy atom. The number of halogens is 1. The van der Waals surface area contributed by atoms with Gasteiger partial charge < -0.3 is 10.1 Å². The van der Waals surface area contributed by atoms with E-state index in [-0.39, 0.29) is 23.2 Å². The van der Waals surface area contributed by atoms with Crippen LogP contribution in [0.15, 0.2) is 24.3 Å². The van der Waals surface area contributed by atoms with E-state index in [0.29, 0.717) is 17.2 Å². The molecule has 0 bridgehead atoms. The predicted molar refractivity (Wildman–Crippen MR) is 98.3 cm³/mol. The highest BCUT2D eigenvalue weighted by molar-refractivity contribution is 7.99. The van der Waals surface area contributed by atoms with Gasteiger partial charge in [-0.05, 0) is 30.5 Å². The number of thioether (sulfide) groups is 1. The molecule has 0 saturated heterocycles. The lowest BCUT2D eigenvalue weighted by Gasteiger charge is -2.39. The van der Waals surface area contributed by atoms with Crippen molar-refractivity contribution in [2.75, 3.05) is 18.6 Å². The summed E-state index contributed by atoms with van der Waals surface area (Å²) in [4.78, 5) is 23.5. The third-order valence-corrected chi connectivity index (χ3v) is 5.59. The zero-order chi connectivity index (χ0) is 17.4. The maximum absolute atomic E-state index is 12.4. The molecule has 1 amide bonds. The van der Waals surface area contributed by atoms with Crippen LogP contribution in [-0.4, -0.2) is 30.5 Å². The van der Waals surface area contributed by atoms with Crippen LogP contribution in [0.3, 0.4) is 0 Å². The molecule has 0 radical (unpaired) electrons. The predicted octanol–water partition coefficient (Wildman–Crippen LogP) is 3.91. The average Bonchev–Trinajstić information content (AvgIpc) is 2.59. The molecule has 1 saturated carbocycles. The number of rotatable bonds is 7. The van der Waals surface area contributed by atoms with Crippen molar-refractivity contribution < 1.29 is 14.3 Å². The van der Waals surface area contributed by atoms with E-state index in [1.807, 2.05) is 24.3 Å². The van der Waals surface area contributed by atoms with E-state index in [4.69, 9.17) is 11.6 Å². The minimum absolute atomic E-state index is 0.0317. The Bertz CT molecular complexity index is 556. The minimum Gasteiger partial charge on any atom is -0.468 e. The average molecular weight is 370 g/mol.